The fraction of sp³-hybridized carbons (Fsp3) is 0. The van der Waals surface area contributed by atoms with Gasteiger partial charge in [0.15, 0.2) is 0 Å². The second-order valence-electron chi connectivity index (χ2n) is 5.89. The van der Waals surface area contributed by atoms with Gasteiger partial charge in [0.2, 0.25) is 0 Å². The Hall–Kier alpha value is -2.31. The number of hydrogen-bond acceptors (Lipinski definition) is 2. The summed E-state index contributed by atoms with van der Waals surface area (Å²) in [6.07, 6.45) is 0. The maximum absolute atomic E-state index is 12.7. The minimum atomic E-state index is -0.140. The van der Waals surface area contributed by atoms with Crippen LogP contribution in [0.3, 0.4) is 0 Å². The van der Waals surface area contributed by atoms with Gasteiger partial charge in [0.25, 0.3) is 5.91 Å². The van der Waals surface area contributed by atoms with E-state index >= 15 is 0 Å². The number of fused-ring (bicyclic) bond motifs is 1. The molecule has 1 aliphatic rings. The molecule has 3 aromatic rings. The van der Waals surface area contributed by atoms with E-state index < -0.39 is 0 Å². The highest BCUT2D eigenvalue weighted by Gasteiger charge is 2.28. The largest absolute Gasteiger partial charge is 0.354 e. The van der Waals surface area contributed by atoms with Crippen LogP contribution in [-0.4, -0.2) is 5.91 Å². The molecule has 0 bridgehead atoms. The number of nitrogens with one attached hydrogen (secondary N) is 2. The zero-order chi connectivity index (χ0) is 18.1. The number of halogens is 2. The molecule has 0 radical (unpaired) electrons. The van der Waals surface area contributed by atoms with E-state index in [9.17, 15) is 4.79 Å². The van der Waals surface area contributed by atoms with Crippen molar-refractivity contribution in [1.82, 2.24) is 0 Å². The summed E-state index contributed by atoms with van der Waals surface area (Å²) in [6.45, 7) is 0. The van der Waals surface area contributed by atoms with E-state index in [1.807, 2.05) is 60.7 Å². The molecule has 128 valence electrons. The molecular formula is C21H14ClIN2O. The van der Waals surface area contributed by atoms with Crippen molar-refractivity contribution in [2.45, 2.75) is 0 Å². The van der Waals surface area contributed by atoms with Gasteiger partial charge in [0.05, 0.1) is 17.0 Å². The van der Waals surface area contributed by atoms with E-state index in [1.165, 1.54) is 0 Å². The Labute approximate surface area is 170 Å². The Morgan fingerprint density at radius 3 is 2.42 bits per heavy atom. The first-order valence-corrected chi connectivity index (χ1v) is 9.51. The fourth-order valence-corrected chi connectivity index (χ4v) is 3.49. The average Bonchev–Trinajstić information content (AvgIpc) is 2.97. The third-order valence-electron chi connectivity index (χ3n) is 4.15. The van der Waals surface area contributed by atoms with Crippen LogP contribution in [0.25, 0.3) is 11.3 Å². The summed E-state index contributed by atoms with van der Waals surface area (Å²) in [6, 6.07) is 23.4. The second kappa shape index (κ2) is 7.13. The third-order valence-corrected chi connectivity index (χ3v) is 5.11. The zero-order valence-electron chi connectivity index (χ0n) is 13.6. The first kappa shape index (κ1) is 17.1. The van der Waals surface area contributed by atoms with Crippen LogP contribution in [0.4, 0.5) is 11.4 Å². The summed E-state index contributed by atoms with van der Waals surface area (Å²) in [5.41, 5.74) is 4.82. The molecule has 1 amide bonds. The lowest BCUT2D eigenvalue weighted by Crippen LogP contribution is -2.10. The van der Waals surface area contributed by atoms with Gasteiger partial charge in [-0.1, -0.05) is 48.0 Å². The van der Waals surface area contributed by atoms with Gasteiger partial charge < -0.3 is 10.6 Å². The van der Waals surface area contributed by atoms with Crippen molar-refractivity contribution in [2.24, 2.45) is 0 Å². The number of amides is 1. The Morgan fingerprint density at radius 1 is 0.962 bits per heavy atom. The van der Waals surface area contributed by atoms with Gasteiger partial charge in [-0.15, -0.1) is 0 Å². The average molecular weight is 473 g/mol. The monoisotopic (exact) mass is 472 g/mol. The summed E-state index contributed by atoms with van der Waals surface area (Å²) in [7, 11) is 0. The Bertz CT molecular complexity index is 1010. The van der Waals surface area contributed by atoms with Crippen molar-refractivity contribution in [3.8, 4) is 0 Å². The van der Waals surface area contributed by atoms with Gasteiger partial charge in [-0.2, -0.15) is 0 Å². The molecule has 0 fully saturated rings. The Kier molecular flexibility index (Phi) is 4.70. The van der Waals surface area contributed by atoms with E-state index in [-0.39, 0.29) is 5.91 Å². The van der Waals surface area contributed by atoms with E-state index in [4.69, 9.17) is 11.6 Å². The van der Waals surface area contributed by atoms with Crippen LogP contribution >= 0.6 is 34.2 Å². The molecule has 0 unspecified atom stereocenters. The quantitative estimate of drug-likeness (QED) is 0.369. The molecule has 4 rings (SSSR count). The van der Waals surface area contributed by atoms with Gasteiger partial charge in [-0.25, -0.2) is 0 Å². The highest BCUT2D eigenvalue weighted by atomic mass is 127. The van der Waals surface area contributed by atoms with Crippen molar-refractivity contribution in [3.05, 3.63) is 92.5 Å². The lowest BCUT2D eigenvalue weighted by molar-refractivity contribution is -0.110. The molecule has 0 aromatic heterocycles. The Morgan fingerprint density at radius 2 is 1.69 bits per heavy atom. The van der Waals surface area contributed by atoms with Crippen LogP contribution in [-0.2, 0) is 4.79 Å². The van der Waals surface area contributed by atoms with Crippen LogP contribution < -0.4 is 10.6 Å². The summed E-state index contributed by atoms with van der Waals surface area (Å²) in [5.74, 6) is -0.140. The molecule has 1 aliphatic heterocycles. The maximum Gasteiger partial charge on any atom is 0.258 e. The molecule has 0 atom stereocenters. The minimum Gasteiger partial charge on any atom is -0.354 e. The van der Waals surface area contributed by atoms with Crippen molar-refractivity contribution in [2.75, 3.05) is 10.6 Å². The van der Waals surface area contributed by atoms with Gasteiger partial charge >= 0.3 is 0 Å². The first-order valence-electron chi connectivity index (χ1n) is 8.05. The molecule has 3 nitrogen and oxygen atoms in total. The second-order valence-corrected chi connectivity index (χ2v) is 7.57. The highest BCUT2D eigenvalue weighted by molar-refractivity contribution is 14.1. The predicted octanol–water partition coefficient (Wildman–Crippen LogP) is 5.88. The summed E-state index contributed by atoms with van der Waals surface area (Å²) in [4.78, 5) is 12.7. The lowest BCUT2D eigenvalue weighted by atomic mass is 10.00. The van der Waals surface area contributed by atoms with Gasteiger partial charge in [-0.3, -0.25) is 4.79 Å². The van der Waals surface area contributed by atoms with Crippen LogP contribution in [0.5, 0.6) is 0 Å². The molecule has 0 saturated carbocycles. The standard InChI is InChI=1S/C21H14ClIN2O/c22-14-6-11-17-18(12-14)25-21(26)19(17)20(13-4-2-1-3-5-13)24-16-9-7-15(23)8-10-16/h1-12,24H,(H,25,26)/b20-19-. The molecule has 3 aromatic carbocycles. The molecule has 26 heavy (non-hydrogen) atoms. The minimum absolute atomic E-state index is 0.140. The van der Waals surface area contributed by atoms with Crippen molar-refractivity contribution in [1.29, 1.82) is 0 Å². The number of hydrogen-bond donors (Lipinski definition) is 2. The van der Waals surface area contributed by atoms with Crippen LogP contribution in [0, 0.1) is 3.57 Å². The van der Waals surface area contributed by atoms with Crippen LogP contribution in [0.15, 0.2) is 72.8 Å². The van der Waals surface area contributed by atoms with Crippen molar-refractivity contribution in [3.63, 3.8) is 0 Å². The van der Waals surface area contributed by atoms with Crippen LogP contribution in [0.2, 0.25) is 5.02 Å². The summed E-state index contributed by atoms with van der Waals surface area (Å²) >= 11 is 8.35. The molecule has 0 aliphatic carbocycles. The summed E-state index contributed by atoms with van der Waals surface area (Å²) in [5, 5.41) is 6.94. The van der Waals surface area contributed by atoms with Crippen molar-refractivity contribution < 1.29 is 4.79 Å². The van der Waals surface area contributed by atoms with Gasteiger partial charge in [-0.05, 0) is 64.6 Å². The van der Waals surface area contributed by atoms with E-state index in [1.54, 1.807) is 12.1 Å². The van der Waals surface area contributed by atoms with E-state index in [0.717, 1.165) is 31.8 Å². The summed E-state index contributed by atoms with van der Waals surface area (Å²) < 4.78 is 1.15. The number of benzene rings is 3. The molecule has 5 heteroatoms. The number of carbonyl (C=O) groups is 1. The SMILES string of the molecule is O=C1Nc2cc(Cl)ccc2/C1=C(/Nc1ccc(I)cc1)c1ccccc1. The number of anilines is 2. The smallest absolute Gasteiger partial charge is 0.258 e. The first-order chi connectivity index (χ1) is 12.6. The molecular weight excluding hydrogens is 459 g/mol. The number of carbonyl (C=O) groups excluding carboxylic acids is 1. The topological polar surface area (TPSA) is 41.1 Å². The molecule has 0 spiro atoms. The van der Waals surface area contributed by atoms with E-state index in [2.05, 4.69) is 33.2 Å². The molecule has 0 saturated heterocycles. The molecule has 1 heterocycles. The fourth-order valence-electron chi connectivity index (χ4n) is 2.95. The highest BCUT2D eigenvalue weighted by Crippen LogP contribution is 2.38. The van der Waals surface area contributed by atoms with Gasteiger partial charge in [0, 0.05) is 19.8 Å². The van der Waals surface area contributed by atoms with Gasteiger partial charge in [0.1, 0.15) is 0 Å². The normalized spacial score (nSPS) is 14.6. The lowest BCUT2D eigenvalue weighted by Gasteiger charge is -2.15. The van der Waals surface area contributed by atoms with Crippen molar-refractivity contribution >= 4 is 62.7 Å². The van der Waals surface area contributed by atoms with E-state index in [0.29, 0.717) is 10.6 Å². The number of rotatable bonds is 3. The third kappa shape index (κ3) is 3.34. The zero-order valence-corrected chi connectivity index (χ0v) is 16.5. The Balaban J connectivity index is 1.89. The maximum atomic E-state index is 12.7. The molecule has 2 N–H and O–H groups in total. The van der Waals surface area contributed by atoms with Crippen LogP contribution in [0.1, 0.15) is 11.1 Å². The predicted molar refractivity (Wildman–Crippen MR) is 116 cm³/mol.